The van der Waals surface area contributed by atoms with Crippen LogP contribution in [0.1, 0.15) is 58.1 Å². The molecule has 0 bridgehead atoms. The number of likely N-dealkylation sites (tertiary alicyclic amines) is 1. The van der Waals surface area contributed by atoms with Crippen molar-refractivity contribution in [2.24, 2.45) is 5.73 Å². The summed E-state index contributed by atoms with van der Waals surface area (Å²) in [6.07, 6.45) is 3.88. The standard InChI is InChI=1S/C18H30N2/c1-14(19)17-7-5-6-12-20(17)13-15-8-10-16(11-9-15)18(2,3)4/h8-11,14,17H,5-7,12-13,19H2,1-4H3. The maximum atomic E-state index is 6.15. The summed E-state index contributed by atoms with van der Waals surface area (Å²) in [5, 5.41) is 0. The predicted molar refractivity (Wildman–Crippen MR) is 86.8 cm³/mol. The molecular weight excluding hydrogens is 244 g/mol. The SMILES string of the molecule is CC(N)C1CCCCN1Cc1ccc(C(C)(C)C)cc1. The van der Waals surface area contributed by atoms with Crippen LogP contribution < -0.4 is 5.73 Å². The average Bonchev–Trinajstić information content (AvgIpc) is 2.38. The monoisotopic (exact) mass is 274 g/mol. The van der Waals surface area contributed by atoms with Crippen molar-refractivity contribution < 1.29 is 0 Å². The molecule has 1 saturated heterocycles. The zero-order chi connectivity index (χ0) is 14.8. The fourth-order valence-electron chi connectivity index (χ4n) is 3.15. The second kappa shape index (κ2) is 6.28. The minimum atomic E-state index is 0.234. The molecule has 1 aliphatic heterocycles. The zero-order valence-electron chi connectivity index (χ0n) is 13.5. The minimum absolute atomic E-state index is 0.234. The lowest BCUT2D eigenvalue weighted by atomic mass is 9.86. The van der Waals surface area contributed by atoms with Gasteiger partial charge in [0.05, 0.1) is 0 Å². The van der Waals surface area contributed by atoms with Crippen LogP contribution in [0.5, 0.6) is 0 Å². The van der Waals surface area contributed by atoms with E-state index in [1.54, 1.807) is 0 Å². The van der Waals surface area contributed by atoms with E-state index in [-0.39, 0.29) is 11.5 Å². The lowest BCUT2D eigenvalue weighted by Gasteiger charge is -2.38. The molecule has 0 radical (unpaired) electrons. The Morgan fingerprint density at radius 1 is 1.20 bits per heavy atom. The first-order chi connectivity index (χ1) is 9.38. The molecule has 112 valence electrons. The number of piperidine rings is 1. The van der Waals surface area contributed by atoms with Crippen LogP contribution in [-0.2, 0) is 12.0 Å². The van der Waals surface area contributed by atoms with Crippen molar-refractivity contribution in [2.45, 2.75) is 71.0 Å². The minimum Gasteiger partial charge on any atom is -0.327 e. The van der Waals surface area contributed by atoms with Crippen LogP contribution in [0, 0.1) is 0 Å². The summed E-state index contributed by atoms with van der Waals surface area (Å²) in [4.78, 5) is 2.57. The van der Waals surface area contributed by atoms with Gasteiger partial charge < -0.3 is 5.73 Å². The van der Waals surface area contributed by atoms with Crippen LogP contribution >= 0.6 is 0 Å². The van der Waals surface area contributed by atoms with Gasteiger partial charge in [0.25, 0.3) is 0 Å². The van der Waals surface area contributed by atoms with E-state index in [2.05, 4.69) is 56.9 Å². The van der Waals surface area contributed by atoms with Gasteiger partial charge in [-0.1, -0.05) is 51.5 Å². The van der Waals surface area contributed by atoms with Crippen LogP contribution in [0.2, 0.25) is 0 Å². The lowest BCUT2D eigenvalue weighted by molar-refractivity contribution is 0.123. The quantitative estimate of drug-likeness (QED) is 0.911. The highest BCUT2D eigenvalue weighted by atomic mass is 15.2. The predicted octanol–water partition coefficient (Wildman–Crippen LogP) is 3.69. The van der Waals surface area contributed by atoms with Crippen LogP contribution in [-0.4, -0.2) is 23.5 Å². The molecule has 2 unspecified atom stereocenters. The Hall–Kier alpha value is -0.860. The summed E-state index contributed by atoms with van der Waals surface area (Å²) < 4.78 is 0. The third-order valence-electron chi connectivity index (χ3n) is 4.48. The molecule has 1 heterocycles. The smallest absolute Gasteiger partial charge is 0.0248 e. The molecule has 1 fully saturated rings. The van der Waals surface area contributed by atoms with E-state index in [1.165, 1.54) is 36.9 Å². The fourth-order valence-corrected chi connectivity index (χ4v) is 3.15. The number of benzene rings is 1. The molecule has 0 amide bonds. The first kappa shape index (κ1) is 15.5. The topological polar surface area (TPSA) is 29.3 Å². The van der Waals surface area contributed by atoms with Gasteiger partial charge >= 0.3 is 0 Å². The Balaban J connectivity index is 2.05. The number of nitrogens with zero attached hydrogens (tertiary/aromatic N) is 1. The molecule has 1 aliphatic rings. The molecule has 20 heavy (non-hydrogen) atoms. The molecule has 1 aromatic rings. The molecule has 0 saturated carbocycles. The molecule has 2 heteroatoms. The number of hydrogen-bond acceptors (Lipinski definition) is 2. The Morgan fingerprint density at radius 3 is 2.40 bits per heavy atom. The molecule has 0 aromatic heterocycles. The highest BCUT2D eigenvalue weighted by molar-refractivity contribution is 5.27. The molecule has 2 rings (SSSR count). The Kier molecular flexibility index (Phi) is 4.87. The van der Waals surface area contributed by atoms with Crippen molar-refractivity contribution >= 4 is 0 Å². The van der Waals surface area contributed by atoms with Crippen molar-refractivity contribution in [3.63, 3.8) is 0 Å². The van der Waals surface area contributed by atoms with Gasteiger partial charge in [0.1, 0.15) is 0 Å². The second-order valence-corrected chi connectivity index (χ2v) is 7.34. The second-order valence-electron chi connectivity index (χ2n) is 7.34. The number of hydrogen-bond donors (Lipinski definition) is 1. The Labute approximate surface area is 124 Å². The lowest BCUT2D eigenvalue weighted by Crippen LogP contribution is -2.48. The summed E-state index contributed by atoms with van der Waals surface area (Å²) in [5.74, 6) is 0. The maximum Gasteiger partial charge on any atom is 0.0248 e. The van der Waals surface area contributed by atoms with Crippen LogP contribution in [0.15, 0.2) is 24.3 Å². The first-order valence-corrected chi connectivity index (χ1v) is 7.97. The normalized spacial score (nSPS) is 22.8. The Morgan fingerprint density at radius 2 is 1.85 bits per heavy atom. The van der Waals surface area contributed by atoms with Gasteiger partial charge in [-0.15, -0.1) is 0 Å². The van der Waals surface area contributed by atoms with Gasteiger partial charge in [-0.25, -0.2) is 0 Å². The van der Waals surface area contributed by atoms with E-state index in [4.69, 9.17) is 5.73 Å². The molecule has 2 N–H and O–H groups in total. The van der Waals surface area contributed by atoms with E-state index in [0.29, 0.717) is 6.04 Å². The fraction of sp³-hybridized carbons (Fsp3) is 0.667. The van der Waals surface area contributed by atoms with Crippen LogP contribution in [0.3, 0.4) is 0 Å². The molecule has 0 spiro atoms. The van der Waals surface area contributed by atoms with Gasteiger partial charge in [0.15, 0.2) is 0 Å². The summed E-state index contributed by atoms with van der Waals surface area (Å²) in [6, 6.07) is 9.94. The van der Waals surface area contributed by atoms with Crippen LogP contribution in [0.4, 0.5) is 0 Å². The highest BCUT2D eigenvalue weighted by Crippen LogP contribution is 2.24. The van der Waals surface area contributed by atoms with Gasteiger partial charge in [0.2, 0.25) is 0 Å². The molecule has 1 aromatic carbocycles. The largest absolute Gasteiger partial charge is 0.327 e. The number of nitrogens with two attached hydrogens (primary N) is 1. The van der Waals surface area contributed by atoms with E-state index >= 15 is 0 Å². The summed E-state index contributed by atoms with van der Waals surface area (Å²) in [5.41, 5.74) is 9.20. The maximum absolute atomic E-state index is 6.15. The van der Waals surface area contributed by atoms with Gasteiger partial charge in [-0.2, -0.15) is 0 Å². The summed E-state index contributed by atoms with van der Waals surface area (Å²) >= 11 is 0. The molecule has 2 atom stereocenters. The Bertz CT molecular complexity index is 414. The van der Waals surface area contributed by atoms with Gasteiger partial charge in [0, 0.05) is 18.6 Å². The molecular formula is C18H30N2. The van der Waals surface area contributed by atoms with E-state index in [1.807, 2.05) is 0 Å². The van der Waals surface area contributed by atoms with Crippen molar-refractivity contribution in [1.29, 1.82) is 0 Å². The van der Waals surface area contributed by atoms with Crippen molar-refractivity contribution in [3.8, 4) is 0 Å². The van der Waals surface area contributed by atoms with Gasteiger partial charge in [-0.3, -0.25) is 4.90 Å². The summed E-state index contributed by atoms with van der Waals surface area (Å²) in [7, 11) is 0. The number of rotatable bonds is 3. The van der Waals surface area contributed by atoms with Gasteiger partial charge in [-0.05, 0) is 42.9 Å². The van der Waals surface area contributed by atoms with Crippen molar-refractivity contribution in [1.82, 2.24) is 4.90 Å². The van der Waals surface area contributed by atoms with E-state index < -0.39 is 0 Å². The first-order valence-electron chi connectivity index (χ1n) is 7.97. The van der Waals surface area contributed by atoms with E-state index in [0.717, 1.165) is 6.54 Å². The van der Waals surface area contributed by atoms with Crippen LogP contribution in [0.25, 0.3) is 0 Å². The third-order valence-corrected chi connectivity index (χ3v) is 4.48. The average molecular weight is 274 g/mol. The molecule has 2 nitrogen and oxygen atoms in total. The highest BCUT2D eigenvalue weighted by Gasteiger charge is 2.25. The molecule has 0 aliphatic carbocycles. The van der Waals surface area contributed by atoms with Crippen molar-refractivity contribution in [2.75, 3.05) is 6.54 Å². The third kappa shape index (κ3) is 3.83. The zero-order valence-corrected chi connectivity index (χ0v) is 13.5. The van der Waals surface area contributed by atoms with Crippen molar-refractivity contribution in [3.05, 3.63) is 35.4 Å². The summed E-state index contributed by atoms with van der Waals surface area (Å²) in [6.45, 7) is 11.2. The van der Waals surface area contributed by atoms with E-state index in [9.17, 15) is 0 Å².